The van der Waals surface area contributed by atoms with Gasteiger partial charge in [0.1, 0.15) is 10.4 Å². The number of aromatic nitrogens is 2. The quantitative estimate of drug-likeness (QED) is 0.916. The zero-order valence-electron chi connectivity index (χ0n) is 8.61. The minimum absolute atomic E-state index is 0.394. The monoisotopic (exact) mass is 271 g/mol. The summed E-state index contributed by atoms with van der Waals surface area (Å²) in [5.41, 5.74) is 0. The van der Waals surface area contributed by atoms with Gasteiger partial charge in [0.25, 0.3) is 0 Å². The first kappa shape index (κ1) is 10.8. The van der Waals surface area contributed by atoms with E-state index < -0.39 is 0 Å². The van der Waals surface area contributed by atoms with Crippen LogP contribution in [0.3, 0.4) is 0 Å². The van der Waals surface area contributed by atoms with E-state index in [0.717, 1.165) is 29.7 Å². The molecule has 1 saturated carbocycles. The fraction of sp³-hybridized carbons (Fsp3) is 0.600. The van der Waals surface area contributed by atoms with Crippen LogP contribution in [0.5, 0.6) is 0 Å². The van der Waals surface area contributed by atoms with E-state index in [-0.39, 0.29) is 0 Å². The number of rotatable bonds is 3. The highest BCUT2D eigenvalue weighted by molar-refractivity contribution is 9.10. The molecule has 0 bridgehead atoms. The van der Waals surface area contributed by atoms with Crippen molar-refractivity contribution in [1.82, 2.24) is 9.97 Å². The van der Waals surface area contributed by atoms with Crippen LogP contribution in [-0.4, -0.2) is 29.2 Å². The van der Waals surface area contributed by atoms with Gasteiger partial charge in [0, 0.05) is 13.2 Å². The van der Waals surface area contributed by atoms with E-state index in [0.29, 0.717) is 12.1 Å². The summed E-state index contributed by atoms with van der Waals surface area (Å²) in [6.07, 6.45) is 7.14. The van der Waals surface area contributed by atoms with Crippen LogP contribution < -0.4 is 5.32 Å². The summed E-state index contributed by atoms with van der Waals surface area (Å²) in [6.45, 7) is 0. The first-order valence-corrected chi connectivity index (χ1v) is 5.84. The molecule has 0 saturated heterocycles. The molecular formula is C10H14BrN3O. The molecule has 2 rings (SSSR count). The zero-order chi connectivity index (χ0) is 10.7. The molecule has 1 aliphatic rings. The van der Waals surface area contributed by atoms with E-state index in [2.05, 4.69) is 31.2 Å². The van der Waals surface area contributed by atoms with Crippen LogP contribution in [0.15, 0.2) is 17.0 Å². The number of ether oxygens (including phenoxy) is 1. The van der Waals surface area contributed by atoms with Crippen molar-refractivity contribution in [3.05, 3.63) is 17.0 Å². The molecule has 1 fully saturated rings. The van der Waals surface area contributed by atoms with Crippen LogP contribution in [0.1, 0.15) is 19.3 Å². The van der Waals surface area contributed by atoms with E-state index in [1.165, 1.54) is 0 Å². The molecule has 5 heteroatoms. The number of halogens is 1. The van der Waals surface area contributed by atoms with Gasteiger partial charge >= 0.3 is 0 Å². The first-order chi connectivity index (χ1) is 7.28. The van der Waals surface area contributed by atoms with Crippen molar-refractivity contribution < 1.29 is 4.74 Å². The molecule has 15 heavy (non-hydrogen) atoms. The lowest BCUT2D eigenvalue weighted by molar-refractivity contribution is 0.108. The van der Waals surface area contributed by atoms with Gasteiger partial charge < -0.3 is 10.1 Å². The van der Waals surface area contributed by atoms with Crippen LogP contribution in [0, 0.1) is 0 Å². The SMILES string of the molecule is COC1CCC(Nc2cnc(Br)cn2)C1. The molecule has 2 unspecified atom stereocenters. The fourth-order valence-corrected chi connectivity index (χ4v) is 2.09. The van der Waals surface area contributed by atoms with Gasteiger partial charge in [0.2, 0.25) is 0 Å². The lowest BCUT2D eigenvalue weighted by atomic mass is 10.2. The molecule has 1 aromatic heterocycles. The Kier molecular flexibility index (Phi) is 3.53. The Morgan fingerprint density at radius 2 is 2.27 bits per heavy atom. The van der Waals surface area contributed by atoms with Crippen molar-refractivity contribution in [3.8, 4) is 0 Å². The Bertz CT molecular complexity index is 317. The molecule has 0 amide bonds. The fourth-order valence-electron chi connectivity index (χ4n) is 1.88. The molecule has 0 radical (unpaired) electrons. The van der Waals surface area contributed by atoms with Gasteiger partial charge in [-0.25, -0.2) is 9.97 Å². The van der Waals surface area contributed by atoms with Crippen LogP contribution in [0.25, 0.3) is 0 Å². The lowest BCUT2D eigenvalue weighted by Gasteiger charge is -2.12. The van der Waals surface area contributed by atoms with Gasteiger partial charge in [-0.3, -0.25) is 0 Å². The number of nitrogens with one attached hydrogen (secondary N) is 1. The van der Waals surface area contributed by atoms with Crippen LogP contribution in [0.4, 0.5) is 5.82 Å². The second-order valence-corrected chi connectivity index (χ2v) is 4.55. The van der Waals surface area contributed by atoms with Gasteiger partial charge in [-0.2, -0.15) is 0 Å². The molecule has 1 N–H and O–H groups in total. The molecule has 1 aromatic rings. The van der Waals surface area contributed by atoms with E-state index in [4.69, 9.17) is 4.74 Å². The van der Waals surface area contributed by atoms with Crippen molar-refractivity contribution in [2.45, 2.75) is 31.4 Å². The van der Waals surface area contributed by atoms with Crippen LogP contribution >= 0.6 is 15.9 Å². The molecule has 2 atom stereocenters. The number of methoxy groups -OCH3 is 1. The standard InChI is InChI=1S/C10H14BrN3O/c1-15-8-3-2-7(4-8)14-10-6-12-9(11)5-13-10/h5-8H,2-4H2,1H3,(H,13,14). The number of hydrogen-bond acceptors (Lipinski definition) is 4. The highest BCUT2D eigenvalue weighted by atomic mass is 79.9. The summed E-state index contributed by atoms with van der Waals surface area (Å²) in [7, 11) is 1.77. The molecule has 0 spiro atoms. The van der Waals surface area contributed by atoms with Crippen molar-refractivity contribution >= 4 is 21.7 Å². The van der Waals surface area contributed by atoms with Gasteiger partial charge in [-0.15, -0.1) is 0 Å². The van der Waals surface area contributed by atoms with E-state index in [1.54, 1.807) is 19.5 Å². The molecule has 0 aromatic carbocycles. The summed E-state index contributed by atoms with van der Waals surface area (Å²) >= 11 is 3.26. The average molecular weight is 272 g/mol. The summed E-state index contributed by atoms with van der Waals surface area (Å²) < 4.78 is 6.07. The van der Waals surface area contributed by atoms with Crippen molar-refractivity contribution in [1.29, 1.82) is 0 Å². The number of hydrogen-bond donors (Lipinski definition) is 1. The third kappa shape index (κ3) is 2.89. The topological polar surface area (TPSA) is 47.0 Å². The Balaban J connectivity index is 1.90. The summed E-state index contributed by atoms with van der Waals surface area (Å²) in [4.78, 5) is 8.35. The number of anilines is 1. The van der Waals surface area contributed by atoms with Gasteiger partial charge in [0.15, 0.2) is 0 Å². The normalized spacial score (nSPS) is 25.5. The van der Waals surface area contributed by atoms with E-state index in [9.17, 15) is 0 Å². The van der Waals surface area contributed by atoms with Gasteiger partial charge in [-0.05, 0) is 35.2 Å². The minimum Gasteiger partial charge on any atom is -0.381 e. The smallest absolute Gasteiger partial charge is 0.144 e. The summed E-state index contributed by atoms with van der Waals surface area (Å²) in [5.74, 6) is 0.833. The third-order valence-corrected chi connectivity index (χ3v) is 3.10. The van der Waals surface area contributed by atoms with Crippen LogP contribution in [0.2, 0.25) is 0 Å². The molecule has 1 aliphatic carbocycles. The Labute approximate surface area is 97.6 Å². The molecular weight excluding hydrogens is 258 g/mol. The van der Waals surface area contributed by atoms with Gasteiger partial charge in [-0.1, -0.05) is 0 Å². The van der Waals surface area contributed by atoms with E-state index >= 15 is 0 Å². The van der Waals surface area contributed by atoms with Gasteiger partial charge in [0.05, 0.1) is 18.5 Å². The molecule has 0 aliphatic heterocycles. The Morgan fingerprint density at radius 3 is 2.87 bits per heavy atom. The largest absolute Gasteiger partial charge is 0.381 e. The summed E-state index contributed by atoms with van der Waals surface area (Å²) in [5, 5.41) is 3.36. The Hall–Kier alpha value is -0.680. The Morgan fingerprint density at radius 1 is 1.40 bits per heavy atom. The summed E-state index contributed by atoms with van der Waals surface area (Å²) in [6, 6.07) is 0.463. The maximum atomic E-state index is 5.31. The second kappa shape index (κ2) is 4.90. The minimum atomic E-state index is 0.394. The lowest BCUT2D eigenvalue weighted by Crippen LogP contribution is -2.18. The van der Waals surface area contributed by atoms with E-state index in [1.807, 2.05) is 0 Å². The zero-order valence-corrected chi connectivity index (χ0v) is 10.2. The maximum absolute atomic E-state index is 5.31. The second-order valence-electron chi connectivity index (χ2n) is 3.74. The highest BCUT2D eigenvalue weighted by Crippen LogP contribution is 2.24. The van der Waals surface area contributed by atoms with Crippen molar-refractivity contribution in [2.75, 3.05) is 12.4 Å². The molecule has 4 nitrogen and oxygen atoms in total. The third-order valence-electron chi connectivity index (χ3n) is 2.69. The van der Waals surface area contributed by atoms with Crippen molar-refractivity contribution in [2.24, 2.45) is 0 Å². The average Bonchev–Trinajstić information content (AvgIpc) is 2.69. The highest BCUT2D eigenvalue weighted by Gasteiger charge is 2.24. The van der Waals surface area contributed by atoms with Crippen molar-refractivity contribution in [3.63, 3.8) is 0 Å². The first-order valence-electron chi connectivity index (χ1n) is 5.05. The maximum Gasteiger partial charge on any atom is 0.144 e. The predicted molar refractivity (Wildman–Crippen MR) is 61.8 cm³/mol. The molecule has 1 heterocycles. The molecule has 82 valence electrons. The number of nitrogens with zero attached hydrogens (tertiary/aromatic N) is 2. The predicted octanol–water partition coefficient (Wildman–Crippen LogP) is 2.22. The van der Waals surface area contributed by atoms with Crippen LogP contribution in [-0.2, 0) is 4.74 Å².